The molecule has 0 fully saturated rings. The zero-order chi connectivity index (χ0) is 52.8. The molecule has 2 aromatic heterocycles. The van der Waals surface area contributed by atoms with Gasteiger partial charge in [-0.1, -0.05) is 152 Å². The molecular formula is C53H45CeN7O11P2. The van der Waals surface area contributed by atoms with E-state index in [1.165, 1.54) is 42.4 Å². The van der Waals surface area contributed by atoms with Gasteiger partial charge in [-0.15, -0.1) is 31.4 Å². The molecule has 8 aromatic carbocycles. The minimum Gasteiger partial charge on any atom is -0.444 e. The van der Waals surface area contributed by atoms with Crippen LogP contribution < -0.4 is 42.4 Å². The SMILES string of the molecule is O=N[O-].O=N[O-].O=N[O-].O=N[O-].[Ce+4].[O-]n1on1[O-].c1ccc([P+](c2ccccc2)(c2ccccc2)c2ccccc2)cc1.c1ccc([P+](c2ccccc2)(c2ccccc2)c2ccccc2)cc1.c1ccncc1. The number of nitrogens with zero attached hydrogens (tertiary/aromatic N) is 7. The van der Waals surface area contributed by atoms with Gasteiger partial charge < -0.3 is 55.5 Å². The smallest absolute Gasteiger partial charge is 0.444 e. The van der Waals surface area contributed by atoms with Crippen molar-refractivity contribution in [1.29, 1.82) is 0 Å². The molecule has 0 saturated carbocycles. The fourth-order valence-electron chi connectivity index (χ4n) is 7.36. The summed E-state index contributed by atoms with van der Waals surface area (Å²) in [6, 6.07) is 93.4. The predicted octanol–water partition coefficient (Wildman–Crippen LogP) is 10.3. The van der Waals surface area contributed by atoms with Crippen LogP contribution in [-0.2, 0) is 0 Å². The van der Waals surface area contributed by atoms with Crippen LogP contribution in [0.3, 0.4) is 0 Å². The third kappa shape index (κ3) is 18.7. The molecule has 10 aromatic rings. The van der Waals surface area contributed by atoms with Gasteiger partial charge in [0.25, 0.3) is 0 Å². The van der Waals surface area contributed by atoms with Crippen LogP contribution in [0.1, 0.15) is 0 Å². The van der Waals surface area contributed by atoms with Crippen molar-refractivity contribution in [2.45, 2.75) is 0 Å². The van der Waals surface area contributed by atoms with Crippen LogP contribution in [0, 0.1) is 92.6 Å². The van der Waals surface area contributed by atoms with Crippen LogP contribution in [0.25, 0.3) is 0 Å². The van der Waals surface area contributed by atoms with Crippen molar-refractivity contribution in [3.05, 3.63) is 324 Å². The Morgan fingerprint density at radius 1 is 0.297 bits per heavy atom. The number of hydrogen-bond donors (Lipinski definition) is 0. The topological polar surface area (TPSA) is 292 Å². The molecule has 0 spiro atoms. The molecule has 0 saturated heterocycles. The molecular weight excluding hydrogens is 1110 g/mol. The zero-order valence-corrected chi connectivity index (χ0v) is 43.9. The van der Waals surface area contributed by atoms with E-state index in [4.69, 9.17) is 40.5 Å². The second kappa shape index (κ2) is 36.6. The summed E-state index contributed by atoms with van der Waals surface area (Å²) in [6.07, 6.45) is 3.50. The van der Waals surface area contributed by atoms with Gasteiger partial charge in [-0.25, -0.2) is 0 Å². The summed E-state index contributed by atoms with van der Waals surface area (Å²) in [5.74, 6) is 0. The van der Waals surface area contributed by atoms with Gasteiger partial charge in [0.1, 0.15) is 57.0 Å². The summed E-state index contributed by atoms with van der Waals surface area (Å²) in [4.78, 5) is 35.8. The van der Waals surface area contributed by atoms with Crippen molar-refractivity contribution in [3.8, 4) is 0 Å². The molecule has 0 aliphatic carbocycles. The van der Waals surface area contributed by atoms with Crippen molar-refractivity contribution in [1.82, 2.24) is 15.0 Å². The van der Waals surface area contributed by atoms with E-state index in [2.05, 4.69) is 252 Å². The van der Waals surface area contributed by atoms with Gasteiger partial charge in [-0.2, -0.15) is 0 Å². The van der Waals surface area contributed by atoms with Crippen molar-refractivity contribution in [2.75, 3.05) is 0 Å². The molecule has 0 unspecified atom stereocenters. The maximum absolute atomic E-state index is 9.19. The Morgan fingerprint density at radius 3 is 0.500 bits per heavy atom. The largest absolute Gasteiger partial charge is 4.00 e. The maximum atomic E-state index is 9.19. The first-order valence-corrected chi connectivity index (χ1v) is 24.9. The second-order valence-corrected chi connectivity index (χ2v) is 20.7. The normalized spacial score (nSPS) is 9.51. The van der Waals surface area contributed by atoms with E-state index in [0.717, 1.165) is 21.4 Å². The second-order valence-electron chi connectivity index (χ2n) is 13.9. The average molecular weight is 1160 g/mol. The van der Waals surface area contributed by atoms with Crippen LogP contribution in [0.4, 0.5) is 0 Å². The molecule has 0 amide bonds. The predicted molar refractivity (Wildman–Crippen MR) is 296 cm³/mol. The number of benzene rings is 8. The summed E-state index contributed by atoms with van der Waals surface area (Å²) in [6.45, 7) is 0. The molecule has 0 aliphatic rings. The minimum atomic E-state index is -1.91. The summed E-state index contributed by atoms with van der Waals surface area (Å²) in [7, 11) is -3.81. The van der Waals surface area contributed by atoms with Gasteiger partial charge in [-0.05, 0) is 109 Å². The fourth-order valence-corrected chi connectivity index (χ4v) is 15.9. The third-order valence-electron chi connectivity index (χ3n) is 9.96. The summed E-state index contributed by atoms with van der Waals surface area (Å²) >= 11 is 0. The standard InChI is InChI=1S/2C24H20P.C5H5N.Ce.N2O3.4HNO2/c2*1-5-13-21(14-6-1)25(22-15-7-2-8-16-22,23-17-9-3-10-18-23)24-19-11-4-12-20-24;1-2-4-6-5-3-1;;3-1-2(4)5-1;4*2-1-3/h2*1-20H;1-5H;;;4*(H,2,3)/q2*+1;;+4;-2;;;;/p-4. The quantitative estimate of drug-likeness (QED) is 0.0780. The maximum Gasteiger partial charge on any atom is 4.00 e. The molecule has 0 radical (unpaired) electrons. The molecule has 74 heavy (non-hydrogen) atoms. The zero-order valence-electron chi connectivity index (χ0n) is 39.0. The molecule has 2 heterocycles. The Morgan fingerprint density at radius 2 is 0.419 bits per heavy atom. The Balaban J connectivity index is 0.000000354. The van der Waals surface area contributed by atoms with Crippen LogP contribution in [0.5, 0.6) is 0 Å². The van der Waals surface area contributed by atoms with Crippen molar-refractivity contribution in [2.24, 2.45) is 21.4 Å². The van der Waals surface area contributed by atoms with E-state index in [1.807, 2.05) is 18.2 Å². The Hall–Kier alpha value is -8.25. The van der Waals surface area contributed by atoms with Crippen LogP contribution >= 0.6 is 14.5 Å². The third-order valence-corrected chi connectivity index (χ3v) is 18.5. The Bertz CT molecular complexity index is 2390. The van der Waals surface area contributed by atoms with E-state index in [1.54, 1.807) is 12.4 Å². The van der Waals surface area contributed by atoms with Crippen molar-refractivity contribution in [3.63, 3.8) is 0 Å². The van der Waals surface area contributed by atoms with Crippen molar-refractivity contribution < 1.29 is 46.4 Å². The van der Waals surface area contributed by atoms with E-state index < -0.39 is 14.5 Å². The molecule has 18 nitrogen and oxygen atoms in total. The van der Waals surface area contributed by atoms with E-state index >= 15 is 0 Å². The molecule has 21 heteroatoms. The Kier molecular flexibility index (Phi) is 30.6. The van der Waals surface area contributed by atoms with E-state index in [-0.39, 0.29) is 51.8 Å². The number of hydrogen-bond acceptors (Lipinski definition) is 16. The molecule has 0 aliphatic heterocycles. The van der Waals surface area contributed by atoms with Gasteiger partial charge in [0.2, 0.25) is 0 Å². The molecule has 10 rings (SSSR count). The molecule has 372 valence electrons. The summed E-state index contributed by atoms with van der Waals surface area (Å²) in [5.41, 5.74) is 0. The first kappa shape index (κ1) is 61.9. The van der Waals surface area contributed by atoms with E-state index in [0.29, 0.717) is 0 Å². The first-order valence-electron chi connectivity index (χ1n) is 21.3. The molecule has 0 bridgehead atoms. The average Bonchev–Trinajstić information content (AvgIpc) is 4.13. The van der Waals surface area contributed by atoms with Gasteiger partial charge in [-0.3, -0.25) is 4.98 Å². The van der Waals surface area contributed by atoms with Gasteiger partial charge in [0.05, 0.1) is 0 Å². The number of rotatable bonds is 8. The molecule has 0 atom stereocenters. The van der Waals surface area contributed by atoms with E-state index in [9.17, 15) is 10.4 Å². The first-order chi connectivity index (χ1) is 35.8. The Labute approximate surface area is 460 Å². The van der Waals surface area contributed by atoms with Gasteiger partial charge in [0, 0.05) is 12.4 Å². The molecule has 0 N–H and O–H groups in total. The monoisotopic (exact) mass is 1160 g/mol. The summed E-state index contributed by atoms with van der Waals surface area (Å²) < 4.78 is 3.47. The van der Waals surface area contributed by atoms with Crippen LogP contribution in [0.15, 0.2) is 299 Å². The van der Waals surface area contributed by atoms with Crippen LogP contribution in [0.2, 0.25) is 0 Å². The number of pyridine rings is 1. The fraction of sp³-hybridized carbons (Fsp3) is 0. The van der Waals surface area contributed by atoms with Crippen molar-refractivity contribution >= 4 is 57.0 Å². The van der Waals surface area contributed by atoms with Gasteiger partial charge in [0.15, 0.2) is 0 Å². The van der Waals surface area contributed by atoms with Crippen LogP contribution in [-0.4, -0.2) is 15.0 Å². The van der Waals surface area contributed by atoms with Gasteiger partial charge >= 0.3 is 41.7 Å². The summed E-state index contributed by atoms with van der Waals surface area (Å²) in [5, 5.41) is 65.1. The number of aromatic nitrogens is 3. The minimum absolute atomic E-state index is 0.